The smallest absolute Gasteiger partial charge is 0.326 e. The van der Waals surface area contributed by atoms with E-state index in [-0.39, 0.29) is 158 Å². The van der Waals surface area contributed by atoms with Crippen molar-refractivity contribution < 1.29 is 72.3 Å². The van der Waals surface area contributed by atoms with Gasteiger partial charge in [0.2, 0.25) is 35.4 Å². The number of aryl methyl sites for hydroxylation is 1. The van der Waals surface area contributed by atoms with Gasteiger partial charge in [0.25, 0.3) is 0 Å². The molecule has 2 fully saturated rings. The van der Waals surface area contributed by atoms with Crippen LogP contribution in [0.5, 0.6) is 0 Å². The number of nitrogens with one attached hydrogen (secondary N) is 5. The number of nitrogens with zero attached hydrogens (tertiary/aromatic N) is 6. The molecule has 1 saturated heterocycles. The van der Waals surface area contributed by atoms with Gasteiger partial charge in [0.05, 0.1) is 51.7 Å². The number of rotatable bonds is 49. The number of ketones is 1. The van der Waals surface area contributed by atoms with E-state index in [9.17, 15) is 48.3 Å². The van der Waals surface area contributed by atoms with Crippen LogP contribution < -0.4 is 26.6 Å². The Bertz CT molecular complexity index is 3130. The van der Waals surface area contributed by atoms with Gasteiger partial charge >= 0.3 is 11.9 Å². The number of piperidine rings is 1. The zero-order valence-electron chi connectivity index (χ0n) is 54.8. The zero-order chi connectivity index (χ0) is 67.7. The summed E-state index contributed by atoms with van der Waals surface area (Å²) in [7, 11) is 0. The number of carbonyl (C=O) groups excluding carboxylic acids is 7. The fourth-order valence-electron chi connectivity index (χ4n) is 11.7. The van der Waals surface area contributed by atoms with Crippen molar-refractivity contribution in [1.29, 1.82) is 0 Å². The lowest BCUT2D eigenvalue weighted by Crippen LogP contribution is -2.51. The van der Waals surface area contributed by atoms with Crippen LogP contribution in [0.25, 0.3) is 22.0 Å². The van der Waals surface area contributed by atoms with E-state index in [1.165, 1.54) is 45.4 Å². The number of Topliss-reactive ketones (excluding diaryl/α,β-unsaturated/α-hetero) is 1. The number of carbonyl (C=O) groups is 9. The molecule has 94 heavy (non-hydrogen) atoms. The van der Waals surface area contributed by atoms with Crippen molar-refractivity contribution in [2.24, 2.45) is 5.92 Å². The molecule has 1 aliphatic carbocycles. The molecule has 1 aliphatic heterocycles. The highest BCUT2D eigenvalue weighted by Gasteiger charge is 2.67. The highest BCUT2D eigenvalue weighted by atomic mass is 79.9. The second-order valence-corrected chi connectivity index (χ2v) is 25.1. The fourth-order valence-corrected chi connectivity index (χ4v) is 12.0. The molecule has 0 unspecified atom stereocenters. The maximum Gasteiger partial charge on any atom is 0.326 e. The van der Waals surface area contributed by atoms with Crippen molar-refractivity contribution >= 4 is 85.8 Å². The van der Waals surface area contributed by atoms with Crippen LogP contribution in [0.1, 0.15) is 183 Å². The summed E-state index contributed by atoms with van der Waals surface area (Å²) in [6.07, 6.45) is 22.6. The topological polar surface area (TPSA) is 351 Å². The summed E-state index contributed by atoms with van der Waals surface area (Å²) in [5.74, 6) is -3.16. The number of hydrogen-bond acceptors (Lipinski definition) is 17. The lowest BCUT2D eigenvalue weighted by atomic mass is 10.0. The number of aromatic nitrogens is 5. The molecule has 6 rings (SSSR count). The maximum atomic E-state index is 14.5. The molecule has 4 heterocycles. The van der Waals surface area contributed by atoms with E-state index in [0.717, 1.165) is 76.2 Å². The lowest BCUT2D eigenvalue weighted by molar-refractivity contribution is -0.142. The molecule has 26 nitrogen and oxygen atoms in total. The first-order chi connectivity index (χ1) is 45.4. The summed E-state index contributed by atoms with van der Waals surface area (Å²) in [4.78, 5) is 128. The van der Waals surface area contributed by atoms with Crippen LogP contribution in [0, 0.1) is 12.8 Å². The quantitative estimate of drug-likeness (QED) is 0.0125. The Balaban J connectivity index is 0.755. The Labute approximate surface area is 558 Å². The van der Waals surface area contributed by atoms with Gasteiger partial charge in [-0.25, -0.2) is 19.7 Å². The number of likely N-dealkylation sites (tertiary alicyclic amines) is 1. The van der Waals surface area contributed by atoms with Crippen molar-refractivity contribution in [2.75, 3.05) is 71.3 Å². The van der Waals surface area contributed by atoms with Crippen LogP contribution >= 0.6 is 15.9 Å². The number of amides is 6. The SMILES string of the molecule is CCCC[C@@]12C[C@@H]1C[C@@H](C(=O)Nc1nc(Br)ccc1C)N2C(=O)Cn1nc(C(C)=O)c2cc(-c3cnc(CNC(=O)COCCOCCNC(=O)COCCOCCNC(=O)CC[C@H](NC(=O)CCCCCCCCCCCCCCCCC(=O)O)C(=O)O)nc3)ccc21. The van der Waals surface area contributed by atoms with E-state index in [2.05, 4.69) is 69.5 Å². The highest BCUT2D eigenvalue weighted by molar-refractivity contribution is 9.10. The predicted molar refractivity (Wildman–Crippen MR) is 353 cm³/mol. The molecule has 4 aromatic rings. The Morgan fingerprint density at radius 1 is 0.681 bits per heavy atom. The fraction of sp³-hybridized carbons (Fsp3) is 0.627. The molecule has 3 aromatic heterocycles. The molecule has 0 spiro atoms. The molecule has 0 radical (unpaired) electrons. The number of carboxylic acid groups (broad SMARTS) is 2. The average Bonchev–Trinajstić information content (AvgIpc) is 1.53. The van der Waals surface area contributed by atoms with Gasteiger partial charge in [0, 0.05) is 68.2 Å². The lowest BCUT2D eigenvalue weighted by Gasteiger charge is -2.34. The monoisotopic (exact) mass is 1370 g/mol. The summed E-state index contributed by atoms with van der Waals surface area (Å²) in [6.45, 7) is 6.25. The molecular formula is C67H96BrN11O15. The second kappa shape index (κ2) is 40.8. The average molecular weight is 1380 g/mol. The second-order valence-electron chi connectivity index (χ2n) is 24.2. The van der Waals surface area contributed by atoms with Crippen molar-refractivity contribution in [3.63, 3.8) is 0 Å². The van der Waals surface area contributed by atoms with Gasteiger partial charge in [-0.3, -0.25) is 43.0 Å². The minimum Gasteiger partial charge on any atom is -0.481 e. The number of pyridine rings is 1. The number of unbranched alkanes of at least 4 members (excludes halogenated alkanes) is 14. The third-order valence-corrected chi connectivity index (χ3v) is 17.3. The molecule has 6 amide bonds. The molecule has 516 valence electrons. The van der Waals surface area contributed by atoms with Crippen molar-refractivity contribution in [3.05, 3.63) is 64.4 Å². The molecule has 1 saturated carbocycles. The molecule has 4 atom stereocenters. The van der Waals surface area contributed by atoms with Crippen LogP contribution in [0.3, 0.4) is 0 Å². The van der Waals surface area contributed by atoms with E-state index in [1.807, 2.05) is 25.1 Å². The van der Waals surface area contributed by atoms with E-state index < -0.39 is 29.6 Å². The third-order valence-electron chi connectivity index (χ3n) is 16.9. The van der Waals surface area contributed by atoms with Crippen LogP contribution in [-0.4, -0.2) is 177 Å². The standard InChI is InChI=1S/C67H96BrN11O15/c1-4-5-28-67-39-50(67)38-54(65(88)76-64-46(2)22-26-55(68)75-64)79(67)61(85)43-78-53-25-23-48(37-51(53)63(77-78)47(3)80)49-40-71-56(72-41-49)42-73-60(84)45-94-36-34-92-32-30-70-59(83)44-93-35-33-91-31-29-69-57(81)27-24-52(66(89)90)74-58(82)20-18-16-14-12-10-8-6-7-9-11-13-15-17-19-21-62(86)87/h22-23,25-26,37,40-41,50,52,54H,4-21,24,27-36,38-39,42-45H2,1-3H3,(H,69,81)(H,70,83)(H,73,84)(H,74,82)(H,86,87)(H,89,90)(H,75,76,88)/t50-,52-,54-,67+/m0/s1. The predicted octanol–water partition coefficient (Wildman–Crippen LogP) is 7.94. The summed E-state index contributed by atoms with van der Waals surface area (Å²) in [5.41, 5.74) is 2.55. The van der Waals surface area contributed by atoms with Crippen LogP contribution in [0.4, 0.5) is 5.82 Å². The Kier molecular flexibility index (Phi) is 32.9. The van der Waals surface area contributed by atoms with E-state index in [0.29, 0.717) is 51.1 Å². The number of fused-ring (bicyclic) bond motifs is 2. The van der Waals surface area contributed by atoms with Gasteiger partial charge in [-0.1, -0.05) is 109 Å². The summed E-state index contributed by atoms with van der Waals surface area (Å²) in [5, 5.41) is 37.1. The number of ether oxygens (including phenoxy) is 4. The van der Waals surface area contributed by atoms with Gasteiger partial charge in [0.15, 0.2) is 5.78 Å². The zero-order valence-corrected chi connectivity index (χ0v) is 56.4. The number of anilines is 1. The van der Waals surface area contributed by atoms with Crippen molar-refractivity contribution in [3.8, 4) is 11.1 Å². The van der Waals surface area contributed by atoms with Crippen LogP contribution in [-0.2, 0) is 70.4 Å². The summed E-state index contributed by atoms with van der Waals surface area (Å²) < 4.78 is 23.8. The first-order valence-corrected chi connectivity index (χ1v) is 34.1. The Hall–Kier alpha value is -7.33. The first-order valence-electron chi connectivity index (χ1n) is 33.3. The molecule has 7 N–H and O–H groups in total. The van der Waals surface area contributed by atoms with E-state index >= 15 is 0 Å². The minimum absolute atomic E-state index is 0.0439. The highest BCUT2D eigenvalue weighted by Crippen LogP contribution is 2.61. The van der Waals surface area contributed by atoms with Gasteiger partial charge < -0.3 is 60.6 Å². The Morgan fingerprint density at radius 2 is 1.27 bits per heavy atom. The largest absolute Gasteiger partial charge is 0.481 e. The van der Waals surface area contributed by atoms with E-state index in [1.54, 1.807) is 34.1 Å². The Morgan fingerprint density at radius 3 is 1.86 bits per heavy atom. The number of benzene rings is 1. The molecule has 1 aromatic carbocycles. The molecular weight excluding hydrogens is 1280 g/mol. The molecule has 2 aliphatic rings. The van der Waals surface area contributed by atoms with E-state index in [4.69, 9.17) is 24.1 Å². The minimum atomic E-state index is -1.20. The summed E-state index contributed by atoms with van der Waals surface area (Å²) >= 11 is 3.39. The van der Waals surface area contributed by atoms with Crippen molar-refractivity contribution in [1.82, 2.24) is 50.9 Å². The molecule has 0 bridgehead atoms. The molecule has 27 heteroatoms. The van der Waals surface area contributed by atoms with Crippen molar-refractivity contribution in [2.45, 2.75) is 199 Å². The van der Waals surface area contributed by atoms with Gasteiger partial charge in [-0.15, -0.1) is 0 Å². The number of halogens is 1. The third kappa shape index (κ3) is 25.8. The summed E-state index contributed by atoms with van der Waals surface area (Å²) in [6, 6.07) is 7.28. The van der Waals surface area contributed by atoms with Gasteiger partial charge in [-0.2, -0.15) is 5.10 Å². The number of hydrogen-bond donors (Lipinski definition) is 7. The first kappa shape index (κ1) is 75.7. The van der Waals surface area contributed by atoms with Gasteiger partial charge in [-0.05, 0) is 96.6 Å². The number of aliphatic carboxylic acids is 2. The van der Waals surface area contributed by atoms with Crippen LogP contribution in [0.2, 0.25) is 0 Å². The van der Waals surface area contributed by atoms with Crippen LogP contribution in [0.15, 0.2) is 47.3 Å². The van der Waals surface area contributed by atoms with Gasteiger partial charge in [0.1, 0.15) is 53.8 Å². The number of carboxylic acids is 2. The normalized spacial score (nSPS) is 15.9. The maximum absolute atomic E-state index is 14.5.